The number of rotatable bonds is 9. The summed E-state index contributed by atoms with van der Waals surface area (Å²) >= 11 is 1.64. The van der Waals surface area contributed by atoms with Crippen LogP contribution in [0.4, 0.5) is 10.8 Å². The minimum atomic E-state index is -0.451. The van der Waals surface area contributed by atoms with Crippen LogP contribution in [0, 0.1) is 10.1 Å². The molecule has 1 aliphatic rings. The van der Waals surface area contributed by atoms with Crippen molar-refractivity contribution in [3.63, 3.8) is 0 Å². The minimum absolute atomic E-state index is 0.0230. The first-order valence-corrected chi connectivity index (χ1v) is 12.0. The van der Waals surface area contributed by atoms with E-state index in [1.807, 2.05) is 12.1 Å². The van der Waals surface area contributed by atoms with Gasteiger partial charge in [0.25, 0.3) is 5.69 Å². The number of hydrogen-bond acceptors (Lipinski definition) is 9. The number of thiazole rings is 1. The van der Waals surface area contributed by atoms with Gasteiger partial charge in [-0.25, -0.2) is 4.98 Å². The van der Waals surface area contributed by atoms with Crippen LogP contribution in [-0.2, 0) is 4.79 Å². The zero-order valence-electron chi connectivity index (χ0n) is 19.6. The van der Waals surface area contributed by atoms with Gasteiger partial charge in [0, 0.05) is 57.5 Å². The van der Waals surface area contributed by atoms with Crippen LogP contribution < -0.4 is 19.7 Å². The summed E-state index contributed by atoms with van der Waals surface area (Å²) in [6, 6.07) is 9.96. The number of methoxy groups -OCH3 is 2. The van der Waals surface area contributed by atoms with E-state index in [9.17, 15) is 14.9 Å². The molecule has 0 bridgehead atoms. The van der Waals surface area contributed by atoms with Crippen molar-refractivity contribution in [3.8, 4) is 11.5 Å². The molecule has 0 spiro atoms. The average molecular weight is 498 g/mol. The second kappa shape index (κ2) is 11.2. The predicted octanol–water partition coefficient (Wildman–Crippen LogP) is 3.17. The Labute approximate surface area is 206 Å². The Bertz CT molecular complexity index is 1220. The number of ether oxygens (including phenoxy) is 2. The number of fused-ring (bicyclic) bond motifs is 1. The third kappa shape index (κ3) is 5.87. The number of nitrogens with one attached hydrogen (secondary N) is 1. The largest absolute Gasteiger partial charge is 0.493 e. The molecule has 11 heteroatoms. The molecule has 2 aromatic carbocycles. The fraction of sp³-hybridized carbons (Fsp3) is 0.333. The Morgan fingerprint density at radius 2 is 1.89 bits per heavy atom. The van der Waals surface area contributed by atoms with E-state index < -0.39 is 4.92 Å². The van der Waals surface area contributed by atoms with Crippen LogP contribution >= 0.6 is 11.3 Å². The first-order valence-electron chi connectivity index (χ1n) is 11.2. The molecule has 1 fully saturated rings. The second-order valence-electron chi connectivity index (χ2n) is 7.95. The van der Waals surface area contributed by atoms with Gasteiger partial charge in [0.2, 0.25) is 5.91 Å². The van der Waals surface area contributed by atoms with E-state index in [0.29, 0.717) is 18.0 Å². The maximum absolute atomic E-state index is 12.1. The number of nitro groups is 1. The highest BCUT2D eigenvalue weighted by Crippen LogP contribution is 2.40. The van der Waals surface area contributed by atoms with Gasteiger partial charge in [-0.1, -0.05) is 11.3 Å². The molecule has 0 atom stereocenters. The Hall–Kier alpha value is -3.70. The van der Waals surface area contributed by atoms with Gasteiger partial charge in [-0.3, -0.25) is 19.8 Å². The maximum Gasteiger partial charge on any atom is 0.269 e. The topological polar surface area (TPSA) is 110 Å². The summed E-state index contributed by atoms with van der Waals surface area (Å²) in [4.78, 5) is 31.7. The summed E-state index contributed by atoms with van der Waals surface area (Å²) < 4.78 is 12.0. The van der Waals surface area contributed by atoms with Crippen LogP contribution in [0.15, 0.2) is 42.5 Å². The smallest absolute Gasteiger partial charge is 0.269 e. The number of piperazine rings is 1. The van der Waals surface area contributed by atoms with Gasteiger partial charge in [0.05, 0.1) is 23.8 Å². The van der Waals surface area contributed by atoms with Crippen molar-refractivity contribution in [1.82, 2.24) is 15.2 Å². The quantitative estimate of drug-likeness (QED) is 0.273. The third-order valence-electron chi connectivity index (χ3n) is 5.79. The molecule has 1 N–H and O–H groups in total. The fourth-order valence-corrected chi connectivity index (χ4v) is 4.89. The van der Waals surface area contributed by atoms with E-state index in [1.165, 1.54) is 18.2 Å². The summed E-state index contributed by atoms with van der Waals surface area (Å²) in [5, 5.41) is 14.6. The number of anilines is 1. The first-order chi connectivity index (χ1) is 17.0. The molecule has 2 heterocycles. The fourth-order valence-electron chi connectivity index (χ4n) is 3.87. The second-order valence-corrected chi connectivity index (χ2v) is 8.96. The Morgan fingerprint density at radius 1 is 1.14 bits per heavy atom. The third-order valence-corrected chi connectivity index (χ3v) is 6.87. The molecule has 1 aromatic heterocycles. The van der Waals surface area contributed by atoms with E-state index in [4.69, 9.17) is 14.5 Å². The number of amides is 1. The van der Waals surface area contributed by atoms with Crippen LogP contribution in [0.5, 0.6) is 11.5 Å². The zero-order valence-corrected chi connectivity index (χ0v) is 20.4. The summed E-state index contributed by atoms with van der Waals surface area (Å²) in [5.74, 6) is 1.14. The van der Waals surface area contributed by atoms with Crippen LogP contribution in [0.1, 0.15) is 5.56 Å². The zero-order chi connectivity index (χ0) is 24.8. The molecule has 1 saturated heterocycles. The van der Waals surface area contributed by atoms with Crippen molar-refractivity contribution in [3.05, 3.63) is 58.2 Å². The molecule has 35 heavy (non-hydrogen) atoms. The standard InChI is InChI=1S/C24H27N5O5S/c1-33-19-8-9-20-22(23(19)34-2)26-24(35-20)28-15-13-27(14-16-28)12-11-25-21(30)10-5-17-3-6-18(7-4-17)29(31)32/h3-10H,11-16H2,1-2H3,(H,25,30)/b10-5-. The van der Waals surface area contributed by atoms with Gasteiger partial charge in [-0.05, 0) is 35.9 Å². The molecule has 0 radical (unpaired) electrons. The number of carbonyl (C=O) groups excluding carboxylic acids is 1. The molecular formula is C24H27N5O5S. The summed E-state index contributed by atoms with van der Waals surface area (Å²) in [7, 11) is 3.24. The number of benzene rings is 2. The van der Waals surface area contributed by atoms with Gasteiger partial charge in [0.15, 0.2) is 16.6 Å². The summed E-state index contributed by atoms with van der Waals surface area (Å²) in [5.41, 5.74) is 1.57. The van der Waals surface area contributed by atoms with Crippen LogP contribution in [-0.4, -0.2) is 74.2 Å². The molecular weight excluding hydrogens is 470 g/mol. The number of carbonyl (C=O) groups is 1. The van der Waals surface area contributed by atoms with Gasteiger partial charge >= 0.3 is 0 Å². The Kier molecular flexibility index (Phi) is 7.78. The van der Waals surface area contributed by atoms with Crippen molar-refractivity contribution in [2.45, 2.75) is 0 Å². The average Bonchev–Trinajstić information content (AvgIpc) is 3.32. The van der Waals surface area contributed by atoms with Crippen LogP contribution in [0.3, 0.4) is 0 Å². The van der Waals surface area contributed by atoms with E-state index >= 15 is 0 Å². The Morgan fingerprint density at radius 3 is 2.54 bits per heavy atom. The number of aromatic nitrogens is 1. The van der Waals surface area contributed by atoms with Gasteiger partial charge < -0.3 is 19.7 Å². The monoisotopic (exact) mass is 497 g/mol. The van der Waals surface area contributed by atoms with E-state index in [1.54, 1.807) is 43.8 Å². The number of hydrogen-bond donors (Lipinski definition) is 1. The highest BCUT2D eigenvalue weighted by molar-refractivity contribution is 7.22. The molecule has 1 aliphatic heterocycles. The van der Waals surface area contributed by atoms with Crippen molar-refractivity contribution in [1.29, 1.82) is 0 Å². The highest BCUT2D eigenvalue weighted by atomic mass is 32.1. The normalized spacial score (nSPS) is 14.4. The molecule has 3 aromatic rings. The van der Waals surface area contributed by atoms with Crippen molar-refractivity contribution >= 4 is 44.4 Å². The predicted molar refractivity (Wildman–Crippen MR) is 137 cm³/mol. The molecule has 1 amide bonds. The highest BCUT2D eigenvalue weighted by Gasteiger charge is 2.21. The number of nitrogens with zero attached hydrogens (tertiary/aromatic N) is 4. The number of non-ortho nitro benzene ring substituents is 1. The van der Waals surface area contributed by atoms with E-state index in [0.717, 1.165) is 53.6 Å². The minimum Gasteiger partial charge on any atom is -0.493 e. The van der Waals surface area contributed by atoms with Crippen molar-refractivity contribution in [2.24, 2.45) is 0 Å². The van der Waals surface area contributed by atoms with Crippen molar-refractivity contribution in [2.75, 3.05) is 58.4 Å². The van der Waals surface area contributed by atoms with Gasteiger partial charge in [-0.2, -0.15) is 0 Å². The molecule has 4 rings (SSSR count). The van der Waals surface area contributed by atoms with Crippen LogP contribution in [0.25, 0.3) is 16.3 Å². The van der Waals surface area contributed by atoms with Crippen molar-refractivity contribution < 1.29 is 19.2 Å². The SMILES string of the molecule is COc1ccc2sc(N3CCN(CCNC(=O)/C=C\c4ccc([N+](=O)[O-])cc4)CC3)nc2c1OC. The lowest BCUT2D eigenvalue weighted by atomic mass is 10.2. The molecule has 10 nitrogen and oxygen atoms in total. The molecule has 184 valence electrons. The Balaban J connectivity index is 1.23. The van der Waals surface area contributed by atoms with E-state index in [-0.39, 0.29) is 11.6 Å². The lowest BCUT2D eigenvalue weighted by Gasteiger charge is -2.34. The molecule has 0 aliphatic carbocycles. The molecule has 0 unspecified atom stereocenters. The van der Waals surface area contributed by atoms with E-state index in [2.05, 4.69) is 15.1 Å². The van der Waals surface area contributed by atoms with Gasteiger partial charge in [0.1, 0.15) is 5.52 Å². The molecule has 0 saturated carbocycles. The lowest BCUT2D eigenvalue weighted by Crippen LogP contribution is -2.48. The van der Waals surface area contributed by atoms with Crippen LogP contribution in [0.2, 0.25) is 0 Å². The van der Waals surface area contributed by atoms with Gasteiger partial charge in [-0.15, -0.1) is 0 Å². The number of nitro benzene ring substituents is 1. The summed E-state index contributed by atoms with van der Waals surface area (Å²) in [6.45, 7) is 4.77. The maximum atomic E-state index is 12.1. The lowest BCUT2D eigenvalue weighted by molar-refractivity contribution is -0.384. The summed E-state index contributed by atoms with van der Waals surface area (Å²) in [6.07, 6.45) is 3.08. The first kappa shape index (κ1) is 24.4.